The van der Waals surface area contributed by atoms with E-state index in [1.54, 1.807) is 0 Å². The first-order chi connectivity index (χ1) is 7.31. The number of hydrogen-bond acceptors (Lipinski definition) is 1. The third-order valence-corrected chi connectivity index (χ3v) is 3.45. The third-order valence-electron chi connectivity index (χ3n) is 3.45. The lowest BCUT2D eigenvalue weighted by Crippen LogP contribution is -2.46. The number of rotatable bonds is 3. The summed E-state index contributed by atoms with van der Waals surface area (Å²) in [5.41, 5.74) is 0. The van der Waals surface area contributed by atoms with Gasteiger partial charge in [0.2, 0.25) is 0 Å². The van der Waals surface area contributed by atoms with Crippen molar-refractivity contribution in [3.05, 3.63) is 0 Å². The number of carbonyl (C=O) groups excluding carboxylic acids is 1. The summed E-state index contributed by atoms with van der Waals surface area (Å²) in [7, 11) is 0. The van der Waals surface area contributed by atoms with Crippen molar-refractivity contribution in [1.82, 2.24) is 9.80 Å². The molecule has 3 heteroatoms. The molecule has 2 aliphatic rings. The molecular formula is C12H22N2O. The molecule has 1 saturated heterocycles. The summed E-state index contributed by atoms with van der Waals surface area (Å²) in [4.78, 5) is 16.2. The van der Waals surface area contributed by atoms with Gasteiger partial charge in [-0.25, -0.2) is 4.79 Å². The van der Waals surface area contributed by atoms with Gasteiger partial charge in [-0.1, -0.05) is 0 Å². The molecule has 0 spiro atoms. The van der Waals surface area contributed by atoms with Gasteiger partial charge in [0.05, 0.1) is 0 Å². The lowest BCUT2D eigenvalue weighted by molar-refractivity contribution is 0.144. The first-order valence-corrected chi connectivity index (χ1v) is 6.35. The van der Waals surface area contributed by atoms with Gasteiger partial charge in [-0.15, -0.1) is 0 Å². The topological polar surface area (TPSA) is 23.6 Å². The van der Waals surface area contributed by atoms with E-state index >= 15 is 0 Å². The van der Waals surface area contributed by atoms with Gasteiger partial charge in [-0.05, 0) is 44.9 Å². The van der Waals surface area contributed by atoms with E-state index in [4.69, 9.17) is 0 Å². The fourth-order valence-corrected chi connectivity index (χ4v) is 2.24. The van der Waals surface area contributed by atoms with Crippen molar-refractivity contribution in [3.8, 4) is 0 Å². The summed E-state index contributed by atoms with van der Waals surface area (Å²) < 4.78 is 0. The van der Waals surface area contributed by atoms with Crippen molar-refractivity contribution in [3.63, 3.8) is 0 Å². The van der Waals surface area contributed by atoms with E-state index in [1.165, 1.54) is 32.1 Å². The van der Waals surface area contributed by atoms with Crippen LogP contribution in [0.4, 0.5) is 4.79 Å². The Morgan fingerprint density at radius 3 is 2.47 bits per heavy atom. The van der Waals surface area contributed by atoms with Crippen LogP contribution in [0.25, 0.3) is 0 Å². The predicted molar refractivity (Wildman–Crippen MR) is 60.8 cm³/mol. The zero-order valence-corrected chi connectivity index (χ0v) is 9.74. The fraction of sp³-hybridized carbons (Fsp3) is 0.917. The molecular weight excluding hydrogens is 188 g/mol. The lowest BCUT2D eigenvalue weighted by atomic mass is 10.1. The molecule has 1 saturated carbocycles. The number of carbonyl (C=O) groups is 1. The molecule has 1 heterocycles. The van der Waals surface area contributed by atoms with Gasteiger partial charge in [0.15, 0.2) is 0 Å². The van der Waals surface area contributed by atoms with Crippen molar-refractivity contribution in [2.45, 2.75) is 39.0 Å². The van der Waals surface area contributed by atoms with Crippen LogP contribution >= 0.6 is 0 Å². The van der Waals surface area contributed by atoms with Crippen molar-refractivity contribution in [2.75, 3.05) is 26.2 Å². The summed E-state index contributed by atoms with van der Waals surface area (Å²) in [6.07, 6.45) is 6.31. The van der Waals surface area contributed by atoms with Gasteiger partial charge in [-0.2, -0.15) is 0 Å². The first kappa shape index (κ1) is 10.8. The Morgan fingerprint density at radius 1 is 1.27 bits per heavy atom. The smallest absolute Gasteiger partial charge is 0.319 e. The molecule has 0 atom stereocenters. The van der Waals surface area contributed by atoms with E-state index in [0.29, 0.717) is 0 Å². The minimum atomic E-state index is 0.282. The van der Waals surface area contributed by atoms with Crippen LogP contribution in [-0.4, -0.2) is 42.0 Å². The van der Waals surface area contributed by atoms with Crippen molar-refractivity contribution >= 4 is 6.03 Å². The second kappa shape index (κ2) is 4.86. The average Bonchev–Trinajstić information content (AvgIpc) is 3.10. The minimum absolute atomic E-state index is 0.282. The maximum absolute atomic E-state index is 12.1. The normalized spacial score (nSPS) is 21.5. The number of hydrogen-bond donors (Lipinski definition) is 0. The van der Waals surface area contributed by atoms with Crippen LogP contribution in [0.1, 0.15) is 39.0 Å². The number of nitrogens with zero attached hydrogens (tertiary/aromatic N) is 2. The summed E-state index contributed by atoms with van der Waals surface area (Å²) in [6.45, 7) is 5.89. The van der Waals surface area contributed by atoms with Crippen LogP contribution in [0.3, 0.4) is 0 Å². The molecule has 0 aromatic carbocycles. The number of likely N-dealkylation sites (tertiary alicyclic amines) is 1. The van der Waals surface area contributed by atoms with E-state index < -0.39 is 0 Å². The summed E-state index contributed by atoms with van der Waals surface area (Å²) >= 11 is 0. The molecule has 0 bridgehead atoms. The molecule has 2 fully saturated rings. The molecule has 15 heavy (non-hydrogen) atoms. The second-order valence-corrected chi connectivity index (χ2v) is 4.81. The quantitative estimate of drug-likeness (QED) is 0.701. The summed E-state index contributed by atoms with van der Waals surface area (Å²) in [5.74, 6) is 0.804. The third kappa shape index (κ3) is 2.86. The first-order valence-electron chi connectivity index (χ1n) is 6.35. The van der Waals surface area contributed by atoms with Crippen molar-refractivity contribution < 1.29 is 4.79 Å². The highest BCUT2D eigenvalue weighted by molar-refractivity contribution is 5.74. The van der Waals surface area contributed by atoms with Gasteiger partial charge in [0.1, 0.15) is 0 Å². The van der Waals surface area contributed by atoms with Crippen molar-refractivity contribution in [2.24, 2.45) is 5.92 Å². The highest BCUT2D eigenvalue weighted by Crippen LogP contribution is 2.30. The van der Waals surface area contributed by atoms with E-state index in [-0.39, 0.29) is 6.03 Å². The van der Waals surface area contributed by atoms with Gasteiger partial charge in [0.25, 0.3) is 0 Å². The molecule has 2 rings (SSSR count). The largest absolute Gasteiger partial charge is 0.325 e. The SMILES string of the molecule is CCN(CC1CC1)C(=O)N1CCCCC1. The second-order valence-electron chi connectivity index (χ2n) is 4.81. The Labute approximate surface area is 92.4 Å². The Bertz CT molecular complexity index is 220. The van der Waals surface area contributed by atoms with E-state index in [0.717, 1.165) is 32.1 Å². The molecule has 1 aliphatic heterocycles. The summed E-state index contributed by atoms with van der Waals surface area (Å²) in [6, 6.07) is 0.282. The molecule has 0 aromatic rings. The molecule has 0 N–H and O–H groups in total. The molecule has 86 valence electrons. The zero-order valence-electron chi connectivity index (χ0n) is 9.74. The number of amides is 2. The van der Waals surface area contributed by atoms with Gasteiger partial charge in [-0.3, -0.25) is 0 Å². The molecule has 1 aliphatic carbocycles. The average molecular weight is 210 g/mol. The minimum Gasteiger partial charge on any atom is -0.325 e. The Balaban J connectivity index is 1.84. The Kier molecular flexibility index (Phi) is 3.49. The Hall–Kier alpha value is -0.730. The van der Waals surface area contributed by atoms with Gasteiger partial charge >= 0.3 is 6.03 Å². The fourth-order valence-electron chi connectivity index (χ4n) is 2.24. The van der Waals surface area contributed by atoms with Crippen LogP contribution in [-0.2, 0) is 0 Å². The highest BCUT2D eigenvalue weighted by atomic mass is 16.2. The van der Waals surface area contributed by atoms with Crippen LogP contribution in [0.2, 0.25) is 0 Å². The number of urea groups is 1. The predicted octanol–water partition coefficient (Wildman–Crippen LogP) is 2.32. The molecule has 0 radical (unpaired) electrons. The molecule has 3 nitrogen and oxygen atoms in total. The highest BCUT2D eigenvalue weighted by Gasteiger charge is 2.28. The molecule has 2 amide bonds. The maximum Gasteiger partial charge on any atom is 0.319 e. The van der Waals surface area contributed by atoms with E-state index in [9.17, 15) is 4.79 Å². The van der Waals surface area contributed by atoms with E-state index in [1.807, 2.05) is 9.80 Å². The zero-order chi connectivity index (χ0) is 10.7. The molecule has 0 aromatic heterocycles. The number of piperidine rings is 1. The van der Waals surface area contributed by atoms with Crippen LogP contribution in [0, 0.1) is 5.92 Å². The van der Waals surface area contributed by atoms with Gasteiger partial charge in [0, 0.05) is 26.2 Å². The Morgan fingerprint density at radius 2 is 1.93 bits per heavy atom. The van der Waals surface area contributed by atoms with Gasteiger partial charge < -0.3 is 9.80 Å². The van der Waals surface area contributed by atoms with Crippen molar-refractivity contribution in [1.29, 1.82) is 0 Å². The van der Waals surface area contributed by atoms with Crippen LogP contribution < -0.4 is 0 Å². The monoisotopic (exact) mass is 210 g/mol. The van der Waals surface area contributed by atoms with Crippen LogP contribution in [0.5, 0.6) is 0 Å². The maximum atomic E-state index is 12.1. The molecule has 0 unspecified atom stereocenters. The standard InChI is InChI=1S/C12H22N2O/c1-2-13(10-11-6-7-11)12(15)14-8-4-3-5-9-14/h11H,2-10H2,1H3. The lowest BCUT2D eigenvalue weighted by Gasteiger charge is -2.32. The van der Waals surface area contributed by atoms with E-state index in [2.05, 4.69) is 6.92 Å². The summed E-state index contributed by atoms with van der Waals surface area (Å²) in [5, 5.41) is 0. The van der Waals surface area contributed by atoms with Crippen LogP contribution in [0.15, 0.2) is 0 Å².